The van der Waals surface area contributed by atoms with Gasteiger partial charge in [-0.05, 0) is 97.3 Å². The molecular formula is C30H35BrN2O3. The lowest BCUT2D eigenvalue weighted by molar-refractivity contribution is 0.0950. The summed E-state index contributed by atoms with van der Waals surface area (Å²) in [7, 11) is 1.71. The van der Waals surface area contributed by atoms with E-state index in [9.17, 15) is 9.90 Å². The van der Waals surface area contributed by atoms with E-state index in [0.717, 1.165) is 53.8 Å². The van der Waals surface area contributed by atoms with E-state index in [0.29, 0.717) is 18.0 Å². The molecule has 36 heavy (non-hydrogen) atoms. The minimum absolute atomic E-state index is 0.00153. The van der Waals surface area contributed by atoms with Gasteiger partial charge in [0.25, 0.3) is 5.91 Å². The SMILES string of the molecule is COc1ccc(Br)c(CC2CCN(CCc3cccc(C(=O)NCc4cccc(CO)c4)c3)CC2)c1. The zero-order valence-electron chi connectivity index (χ0n) is 20.9. The molecular weight excluding hydrogens is 516 g/mol. The summed E-state index contributed by atoms with van der Waals surface area (Å²) in [5.74, 6) is 1.53. The van der Waals surface area contributed by atoms with Crippen LogP contribution in [0.15, 0.2) is 71.2 Å². The van der Waals surface area contributed by atoms with Crippen LogP contribution in [0.25, 0.3) is 0 Å². The highest BCUT2D eigenvalue weighted by atomic mass is 79.9. The highest BCUT2D eigenvalue weighted by Gasteiger charge is 2.20. The third kappa shape index (κ3) is 7.42. The van der Waals surface area contributed by atoms with Crippen LogP contribution >= 0.6 is 15.9 Å². The second-order valence-corrected chi connectivity index (χ2v) is 10.4. The fourth-order valence-corrected chi connectivity index (χ4v) is 5.25. The summed E-state index contributed by atoms with van der Waals surface area (Å²) in [6.07, 6.45) is 4.41. The van der Waals surface area contributed by atoms with Crippen molar-refractivity contribution in [1.29, 1.82) is 0 Å². The third-order valence-corrected chi connectivity index (χ3v) is 7.78. The summed E-state index contributed by atoms with van der Waals surface area (Å²) in [5, 5.41) is 12.3. The Hall–Kier alpha value is -2.67. The molecule has 3 aromatic carbocycles. The number of methoxy groups -OCH3 is 1. The first-order chi connectivity index (χ1) is 17.5. The summed E-state index contributed by atoms with van der Waals surface area (Å²) >= 11 is 3.69. The van der Waals surface area contributed by atoms with Crippen LogP contribution in [0.2, 0.25) is 0 Å². The molecule has 5 nitrogen and oxygen atoms in total. The van der Waals surface area contributed by atoms with Crippen molar-refractivity contribution in [1.82, 2.24) is 10.2 Å². The summed E-state index contributed by atoms with van der Waals surface area (Å²) in [6, 6.07) is 21.8. The molecule has 1 fully saturated rings. The normalized spacial score (nSPS) is 14.5. The molecule has 2 N–H and O–H groups in total. The molecule has 1 heterocycles. The molecule has 0 atom stereocenters. The molecule has 0 aliphatic carbocycles. The van der Waals surface area contributed by atoms with Gasteiger partial charge >= 0.3 is 0 Å². The maximum Gasteiger partial charge on any atom is 0.251 e. The predicted octanol–water partition coefficient (Wildman–Crippen LogP) is 5.38. The number of piperidine rings is 1. The Morgan fingerprint density at radius 2 is 1.78 bits per heavy atom. The van der Waals surface area contributed by atoms with Crippen molar-refractivity contribution in [3.8, 4) is 5.75 Å². The van der Waals surface area contributed by atoms with Crippen LogP contribution in [-0.4, -0.2) is 42.7 Å². The third-order valence-electron chi connectivity index (χ3n) is 7.00. The van der Waals surface area contributed by atoms with Crippen LogP contribution in [0.3, 0.4) is 0 Å². The van der Waals surface area contributed by atoms with Crippen molar-refractivity contribution in [3.05, 3.63) is 99.0 Å². The van der Waals surface area contributed by atoms with E-state index in [1.165, 1.54) is 24.0 Å². The number of hydrogen-bond acceptors (Lipinski definition) is 4. The van der Waals surface area contributed by atoms with Crippen LogP contribution in [0.1, 0.15) is 45.5 Å². The van der Waals surface area contributed by atoms with Crippen molar-refractivity contribution < 1.29 is 14.6 Å². The average molecular weight is 552 g/mol. The number of nitrogens with one attached hydrogen (secondary N) is 1. The summed E-state index contributed by atoms with van der Waals surface area (Å²) in [5.41, 5.74) is 5.03. The summed E-state index contributed by atoms with van der Waals surface area (Å²) in [4.78, 5) is 15.2. The maximum absolute atomic E-state index is 12.7. The fraction of sp³-hybridized carbons (Fsp3) is 0.367. The Kier molecular flexibility index (Phi) is 9.56. The lowest BCUT2D eigenvalue weighted by Crippen LogP contribution is -2.35. The lowest BCUT2D eigenvalue weighted by atomic mass is 9.90. The molecule has 0 spiro atoms. The van der Waals surface area contributed by atoms with Crippen molar-refractivity contribution in [2.45, 2.75) is 38.8 Å². The van der Waals surface area contributed by atoms with Gasteiger partial charge in [0, 0.05) is 23.1 Å². The molecule has 1 aliphatic rings. The number of aliphatic hydroxyl groups is 1. The van der Waals surface area contributed by atoms with Gasteiger partial charge in [-0.15, -0.1) is 0 Å². The monoisotopic (exact) mass is 550 g/mol. The van der Waals surface area contributed by atoms with Crippen molar-refractivity contribution in [3.63, 3.8) is 0 Å². The van der Waals surface area contributed by atoms with Crippen molar-refractivity contribution >= 4 is 21.8 Å². The van der Waals surface area contributed by atoms with Crippen LogP contribution in [-0.2, 0) is 26.0 Å². The van der Waals surface area contributed by atoms with E-state index in [4.69, 9.17) is 4.74 Å². The van der Waals surface area contributed by atoms with Gasteiger partial charge in [-0.25, -0.2) is 0 Å². The van der Waals surface area contributed by atoms with Crippen molar-refractivity contribution in [2.75, 3.05) is 26.7 Å². The van der Waals surface area contributed by atoms with E-state index in [2.05, 4.69) is 44.3 Å². The number of nitrogens with zero attached hydrogens (tertiary/aromatic N) is 1. The minimum Gasteiger partial charge on any atom is -0.497 e. The zero-order valence-corrected chi connectivity index (χ0v) is 22.5. The van der Waals surface area contributed by atoms with Gasteiger partial charge in [0.15, 0.2) is 0 Å². The molecule has 0 saturated carbocycles. The number of halogens is 1. The Labute approximate surface area is 222 Å². The van der Waals surface area contributed by atoms with Crippen LogP contribution in [0.5, 0.6) is 5.75 Å². The number of amides is 1. The molecule has 0 aromatic heterocycles. The van der Waals surface area contributed by atoms with Crippen molar-refractivity contribution in [2.24, 2.45) is 5.92 Å². The van der Waals surface area contributed by atoms with Crippen LogP contribution < -0.4 is 10.1 Å². The predicted molar refractivity (Wildman–Crippen MR) is 147 cm³/mol. The van der Waals surface area contributed by atoms with Gasteiger partial charge in [-0.1, -0.05) is 52.3 Å². The Morgan fingerprint density at radius 3 is 2.56 bits per heavy atom. The number of carbonyl (C=O) groups excluding carboxylic acids is 1. The number of ether oxygens (including phenoxy) is 1. The smallest absolute Gasteiger partial charge is 0.251 e. The van der Waals surface area contributed by atoms with Gasteiger partial charge in [0.2, 0.25) is 0 Å². The maximum atomic E-state index is 12.7. The minimum atomic E-state index is -0.0734. The van der Waals surface area contributed by atoms with Gasteiger partial charge in [0.1, 0.15) is 5.75 Å². The number of carbonyl (C=O) groups is 1. The quantitative estimate of drug-likeness (QED) is 0.356. The molecule has 0 radical (unpaired) electrons. The second-order valence-electron chi connectivity index (χ2n) is 9.56. The first-order valence-electron chi connectivity index (χ1n) is 12.6. The average Bonchev–Trinajstić information content (AvgIpc) is 2.92. The highest BCUT2D eigenvalue weighted by molar-refractivity contribution is 9.10. The fourth-order valence-electron chi connectivity index (χ4n) is 4.84. The van der Waals surface area contributed by atoms with Crippen LogP contribution in [0, 0.1) is 5.92 Å². The molecule has 6 heteroatoms. The standard InChI is InChI=1S/C30H35BrN2O3/c1-36-28-8-9-29(31)27(19-28)18-23-11-14-33(15-12-23)13-10-22-4-3-7-26(17-22)30(35)32-20-24-5-2-6-25(16-24)21-34/h2-9,16-17,19,23,34H,10-15,18,20-21H2,1H3,(H,32,35). The Bertz CT molecular complexity index is 1160. The molecule has 1 amide bonds. The van der Waals surface area contributed by atoms with Crippen LogP contribution in [0.4, 0.5) is 0 Å². The Morgan fingerprint density at radius 1 is 1.03 bits per heavy atom. The largest absolute Gasteiger partial charge is 0.497 e. The zero-order chi connectivity index (χ0) is 25.3. The van der Waals surface area contributed by atoms with E-state index in [1.807, 2.05) is 48.5 Å². The van der Waals surface area contributed by atoms with E-state index >= 15 is 0 Å². The number of likely N-dealkylation sites (tertiary alicyclic amines) is 1. The number of rotatable bonds is 10. The van der Waals surface area contributed by atoms with E-state index < -0.39 is 0 Å². The second kappa shape index (κ2) is 13.0. The van der Waals surface area contributed by atoms with E-state index in [1.54, 1.807) is 7.11 Å². The molecule has 190 valence electrons. The lowest BCUT2D eigenvalue weighted by Gasteiger charge is -2.32. The van der Waals surface area contributed by atoms with Gasteiger partial charge in [0.05, 0.1) is 13.7 Å². The molecule has 1 saturated heterocycles. The van der Waals surface area contributed by atoms with Gasteiger partial charge < -0.3 is 20.1 Å². The highest BCUT2D eigenvalue weighted by Crippen LogP contribution is 2.28. The molecule has 3 aromatic rings. The van der Waals surface area contributed by atoms with Gasteiger partial charge in [-0.3, -0.25) is 4.79 Å². The van der Waals surface area contributed by atoms with Gasteiger partial charge in [-0.2, -0.15) is 0 Å². The summed E-state index contributed by atoms with van der Waals surface area (Å²) in [6.45, 7) is 3.67. The topological polar surface area (TPSA) is 61.8 Å². The molecule has 4 rings (SSSR count). The molecule has 0 bridgehead atoms. The number of benzene rings is 3. The number of hydrogen-bond donors (Lipinski definition) is 2. The molecule has 0 unspecified atom stereocenters. The summed E-state index contributed by atoms with van der Waals surface area (Å²) < 4.78 is 6.55. The Balaban J connectivity index is 1.23. The van der Waals surface area contributed by atoms with E-state index in [-0.39, 0.29) is 12.5 Å². The molecule has 1 aliphatic heterocycles. The first kappa shape index (κ1) is 26.4. The first-order valence-corrected chi connectivity index (χ1v) is 13.4. The number of aliphatic hydroxyl groups excluding tert-OH is 1.